The summed E-state index contributed by atoms with van der Waals surface area (Å²) >= 11 is 0. The van der Waals surface area contributed by atoms with Gasteiger partial charge < -0.3 is 10.5 Å². The number of carbonyl (C=O) groups excluding carboxylic acids is 1. The number of esters is 1. The average molecular weight is 241 g/mol. The highest BCUT2D eigenvalue weighted by molar-refractivity contribution is 5.76. The Bertz CT molecular complexity index is 242. The van der Waals surface area contributed by atoms with Crippen LogP contribution < -0.4 is 5.73 Å². The summed E-state index contributed by atoms with van der Waals surface area (Å²) in [5.74, 6) is 0.718. The molecule has 2 N–H and O–H groups in total. The van der Waals surface area contributed by atoms with Crippen molar-refractivity contribution < 1.29 is 9.53 Å². The number of hydrogen-bond donors (Lipinski definition) is 1. The molecule has 1 saturated carbocycles. The zero-order valence-corrected chi connectivity index (χ0v) is 11.4. The molecule has 3 nitrogen and oxygen atoms in total. The van der Waals surface area contributed by atoms with Crippen molar-refractivity contribution in [1.29, 1.82) is 0 Å². The summed E-state index contributed by atoms with van der Waals surface area (Å²) in [7, 11) is 0. The van der Waals surface area contributed by atoms with E-state index in [-0.39, 0.29) is 18.0 Å². The summed E-state index contributed by atoms with van der Waals surface area (Å²) in [6.45, 7) is 6.26. The predicted molar refractivity (Wildman–Crippen MR) is 69.6 cm³/mol. The lowest BCUT2D eigenvalue weighted by Crippen LogP contribution is -2.40. The summed E-state index contributed by atoms with van der Waals surface area (Å²) in [6, 6.07) is -0.456. The Hall–Kier alpha value is -0.570. The van der Waals surface area contributed by atoms with E-state index in [0.29, 0.717) is 0 Å². The van der Waals surface area contributed by atoms with Gasteiger partial charge in [-0.25, -0.2) is 0 Å². The molecule has 0 bridgehead atoms. The van der Waals surface area contributed by atoms with Gasteiger partial charge in [-0.2, -0.15) is 0 Å². The molecule has 4 atom stereocenters. The average Bonchev–Trinajstić information content (AvgIpc) is 2.37. The molecule has 0 aromatic heterocycles. The van der Waals surface area contributed by atoms with E-state index in [0.717, 1.165) is 25.2 Å². The quantitative estimate of drug-likeness (QED) is 0.753. The van der Waals surface area contributed by atoms with Crippen molar-refractivity contribution in [1.82, 2.24) is 0 Å². The molecule has 3 unspecified atom stereocenters. The van der Waals surface area contributed by atoms with Gasteiger partial charge in [0, 0.05) is 0 Å². The van der Waals surface area contributed by atoms with Crippen LogP contribution in [0, 0.1) is 11.8 Å². The predicted octanol–water partition coefficient (Wildman–Crippen LogP) is 2.87. The lowest BCUT2D eigenvalue weighted by molar-refractivity contribution is -0.154. The first-order valence-corrected chi connectivity index (χ1v) is 7.04. The van der Waals surface area contributed by atoms with Crippen molar-refractivity contribution >= 4 is 5.97 Å². The first-order chi connectivity index (χ1) is 8.08. The second kappa shape index (κ2) is 7.00. The van der Waals surface area contributed by atoms with E-state index >= 15 is 0 Å². The van der Waals surface area contributed by atoms with Gasteiger partial charge in [0.05, 0.1) is 0 Å². The van der Waals surface area contributed by atoms with E-state index < -0.39 is 6.04 Å². The Kier molecular flexibility index (Phi) is 5.96. The number of carbonyl (C=O) groups is 1. The molecule has 0 amide bonds. The highest BCUT2D eigenvalue weighted by atomic mass is 16.5. The van der Waals surface area contributed by atoms with Crippen LogP contribution >= 0.6 is 0 Å². The molecule has 1 rings (SSSR count). The van der Waals surface area contributed by atoms with Gasteiger partial charge in [0.25, 0.3) is 0 Å². The topological polar surface area (TPSA) is 52.3 Å². The summed E-state index contributed by atoms with van der Waals surface area (Å²) in [6.07, 6.45) is 6.70. The van der Waals surface area contributed by atoms with Crippen LogP contribution in [0.25, 0.3) is 0 Å². The van der Waals surface area contributed by atoms with Crippen LogP contribution in [-0.2, 0) is 9.53 Å². The Morgan fingerprint density at radius 1 is 1.41 bits per heavy atom. The lowest BCUT2D eigenvalue weighted by Gasteiger charge is -2.29. The summed E-state index contributed by atoms with van der Waals surface area (Å²) < 4.78 is 5.54. The van der Waals surface area contributed by atoms with Crippen molar-refractivity contribution in [2.45, 2.75) is 71.4 Å². The smallest absolute Gasteiger partial charge is 0.323 e. The van der Waals surface area contributed by atoms with Crippen molar-refractivity contribution in [2.24, 2.45) is 17.6 Å². The lowest BCUT2D eigenvalue weighted by atomic mass is 9.85. The molecular formula is C14H27NO2. The zero-order chi connectivity index (χ0) is 12.8. The molecule has 1 aliphatic rings. The summed E-state index contributed by atoms with van der Waals surface area (Å²) in [5, 5.41) is 0. The van der Waals surface area contributed by atoms with Crippen molar-refractivity contribution in [3.63, 3.8) is 0 Å². The number of hydrogen-bond acceptors (Lipinski definition) is 3. The second-order valence-corrected chi connectivity index (χ2v) is 5.41. The second-order valence-electron chi connectivity index (χ2n) is 5.41. The Morgan fingerprint density at radius 2 is 2.12 bits per heavy atom. The standard InChI is InChI=1S/C14H27NO2/c1-4-10(3)13(15)14(16)17-12-8-6-7-11(5-2)9-12/h10-13H,4-9,15H2,1-3H3/t10?,11?,12?,13-/m0/s1. The minimum atomic E-state index is -0.456. The fourth-order valence-corrected chi connectivity index (χ4v) is 2.45. The molecule has 1 aliphatic carbocycles. The number of ether oxygens (including phenoxy) is 1. The van der Waals surface area contributed by atoms with E-state index in [9.17, 15) is 4.79 Å². The third-order valence-corrected chi connectivity index (χ3v) is 4.12. The number of rotatable bonds is 5. The molecule has 0 aromatic carbocycles. The van der Waals surface area contributed by atoms with Crippen molar-refractivity contribution in [2.75, 3.05) is 0 Å². The maximum atomic E-state index is 11.9. The van der Waals surface area contributed by atoms with E-state index in [1.54, 1.807) is 0 Å². The highest BCUT2D eigenvalue weighted by Gasteiger charge is 2.27. The Morgan fingerprint density at radius 3 is 2.71 bits per heavy atom. The molecule has 100 valence electrons. The zero-order valence-electron chi connectivity index (χ0n) is 11.4. The Balaban J connectivity index is 2.40. The maximum absolute atomic E-state index is 11.9. The van der Waals surface area contributed by atoms with Crippen LogP contribution in [-0.4, -0.2) is 18.1 Å². The van der Waals surface area contributed by atoms with Crippen molar-refractivity contribution in [3.05, 3.63) is 0 Å². The van der Waals surface area contributed by atoms with Gasteiger partial charge in [-0.3, -0.25) is 4.79 Å². The Labute approximate surface area is 105 Å². The van der Waals surface area contributed by atoms with Gasteiger partial charge in [0.2, 0.25) is 0 Å². The SMILES string of the molecule is CCC1CCCC(OC(=O)[C@@H](N)C(C)CC)C1. The van der Waals surface area contributed by atoms with Crippen LogP contribution in [0.2, 0.25) is 0 Å². The van der Waals surface area contributed by atoms with Gasteiger partial charge in [0.15, 0.2) is 0 Å². The first-order valence-electron chi connectivity index (χ1n) is 7.04. The highest BCUT2D eigenvalue weighted by Crippen LogP contribution is 2.28. The maximum Gasteiger partial charge on any atom is 0.323 e. The third kappa shape index (κ3) is 4.30. The van der Waals surface area contributed by atoms with Crippen LogP contribution in [0.5, 0.6) is 0 Å². The van der Waals surface area contributed by atoms with E-state index in [1.165, 1.54) is 19.3 Å². The molecule has 0 spiro atoms. The molecule has 0 aliphatic heterocycles. The molecule has 17 heavy (non-hydrogen) atoms. The van der Waals surface area contributed by atoms with Crippen LogP contribution in [0.4, 0.5) is 0 Å². The third-order valence-electron chi connectivity index (χ3n) is 4.12. The molecule has 0 heterocycles. The van der Waals surface area contributed by atoms with Gasteiger partial charge in [-0.05, 0) is 31.1 Å². The van der Waals surface area contributed by atoms with E-state index in [1.807, 2.05) is 13.8 Å². The first kappa shape index (κ1) is 14.5. The number of nitrogens with two attached hydrogens (primary N) is 1. The van der Waals surface area contributed by atoms with Crippen LogP contribution in [0.15, 0.2) is 0 Å². The summed E-state index contributed by atoms with van der Waals surface area (Å²) in [5.41, 5.74) is 5.88. The largest absolute Gasteiger partial charge is 0.461 e. The fourth-order valence-electron chi connectivity index (χ4n) is 2.45. The summed E-state index contributed by atoms with van der Waals surface area (Å²) in [4.78, 5) is 11.9. The van der Waals surface area contributed by atoms with E-state index in [2.05, 4.69) is 6.92 Å². The van der Waals surface area contributed by atoms with Crippen LogP contribution in [0.3, 0.4) is 0 Å². The molecule has 0 aromatic rings. The van der Waals surface area contributed by atoms with Crippen LogP contribution in [0.1, 0.15) is 59.3 Å². The van der Waals surface area contributed by atoms with Gasteiger partial charge in [-0.1, -0.05) is 40.0 Å². The fraction of sp³-hybridized carbons (Fsp3) is 0.929. The molecule has 3 heteroatoms. The molecular weight excluding hydrogens is 214 g/mol. The minimum Gasteiger partial charge on any atom is -0.461 e. The van der Waals surface area contributed by atoms with Gasteiger partial charge in [-0.15, -0.1) is 0 Å². The normalized spacial score (nSPS) is 28.5. The van der Waals surface area contributed by atoms with E-state index in [4.69, 9.17) is 10.5 Å². The molecule has 0 saturated heterocycles. The van der Waals surface area contributed by atoms with Gasteiger partial charge in [0.1, 0.15) is 12.1 Å². The molecule has 0 radical (unpaired) electrons. The molecule has 1 fully saturated rings. The van der Waals surface area contributed by atoms with Crippen molar-refractivity contribution in [3.8, 4) is 0 Å². The monoisotopic (exact) mass is 241 g/mol. The van der Waals surface area contributed by atoms with Gasteiger partial charge >= 0.3 is 5.97 Å². The minimum absolute atomic E-state index is 0.108.